The molecule has 140 valence electrons. The number of hydrogen-bond donors (Lipinski definition) is 0. The third-order valence-electron chi connectivity index (χ3n) is 4.62. The summed E-state index contributed by atoms with van der Waals surface area (Å²) in [4.78, 5) is 2.70. The lowest BCUT2D eigenvalue weighted by atomic mass is 9.97. The van der Waals surface area contributed by atoms with Gasteiger partial charge in [0.25, 0.3) is 0 Å². The zero-order chi connectivity index (χ0) is 19.2. The van der Waals surface area contributed by atoms with Crippen LogP contribution in [0.25, 0.3) is 0 Å². The van der Waals surface area contributed by atoms with Crippen LogP contribution < -0.4 is 4.90 Å². The van der Waals surface area contributed by atoms with E-state index in [-0.39, 0.29) is 5.92 Å². The minimum atomic E-state index is -2.19. The van der Waals surface area contributed by atoms with Gasteiger partial charge in [0, 0.05) is 29.7 Å². The highest BCUT2D eigenvalue weighted by molar-refractivity contribution is 7.73. The van der Waals surface area contributed by atoms with Crippen molar-refractivity contribution in [2.75, 3.05) is 18.0 Å². The number of para-hydroxylation sites is 1. The van der Waals surface area contributed by atoms with Gasteiger partial charge in [-0.05, 0) is 47.9 Å². The molecule has 1 aliphatic rings. The van der Waals surface area contributed by atoms with Crippen molar-refractivity contribution in [2.45, 2.75) is 13.3 Å². The summed E-state index contributed by atoms with van der Waals surface area (Å²) in [6, 6.07) is 18.1. The topological polar surface area (TPSA) is 37.4 Å². The Morgan fingerprint density at radius 3 is 2.56 bits per heavy atom. The summed E-state index contributed by atoms with van der Waals surface area (Å²) in [7, 11) is -2.19. The Kier molecular flexibility index (Phi) is 6.54. The van der Waals surface area contributed by atoms with Gasteiger partial charge in [0.15, 0.2) is 0 Å². The number of nitrogens with zero attached hydrogens (tertiary/aromatic N) is 1. The highest BCUT2D eigenvalue weighted by Crippen LogP contribution is 2.20. The van der Waals surface area contributed by atoms with Gasteiger partial charge in [-0.2, -0.15) is 8.42 Å². The maximum atomic E-state index is 11.5. The summed E-state index contributed by atoms with van der Waals surface area (Å²) in [6.07, 6.45) is 6.62. The summed E-state index contributed by atoms with van der Waals surface area (Å²) >= 11 is 6.10. The lowest BCUT2D eigenvalue weighted by Gasteiger charge is -2.27. The van der Waals surface area contributed by atoms with Crippen LogP contribution in [-0.4, -0.2) is 26.4 Å². The molecule has 1 unspecified atom stereocenters. The van der Waals surface area contributed by atoms with Crippen LogP contribution in [0.4, 0.5) is 5.69 Å². The van der Waals surface area contributed by atoms with Gasteiger partial charge in [-0.3, -0.25) is 0 Å². The molecule has 0 saturated carbocycles. The standard InChI is InChI=1S/C22H22ClNO2S/c1-17-10-11-19(15-22(17)27(25)26)16-24(21-8-3-2-4-9-21)13-12-18-6-5-7-20(23)14-18/h2-11,14-15,17H,12-13,16H2,1H3. The van der Waals surface area contributed by atoms with Gasteiger partial charge in [-0.1, -0.05) is 61.0 Å². The molecule has 0 N–H and O–H groups in total. The minimum absolute atomic E-state index is 0.0799. The molecule has 3 rings (SSSR count). The number of benzene rings is 2. The van der Waals surface area contributed by atoms with E-state index in [0.717, 1.165) is 29.2 Å². The van der Waals surface area contributed by atoms with Crippen molar-refractivity contribution in [2.24, 2.45) is 5.92 Å². The Balaban J connectivity index is 1.82. The molecule has 0 heterocycles. The van der Waals surface area contributed by atoms with E-state index in [1.165, 1.54) is 5.56 Å². The van der Waals surface area contributed by atoms with E-state index in [1.807, 2.05) is 55.5 Å². The molecule has 2 aromatic carbocycles. The second kappa shape index (κ2) is 9.07. The summed E-state index contributed by atoms with van der Waals surface area (Å²) in [6.45, 7) is 3.35. The van der Waals surface area contributed by atoms with Crippen LogP contribution in [0.1, 0.15) is 12.5 Å². The second-order valence-electron chi connectivity index (χ2n) is 6.64. The number of anilines is 1. The summed E-state index contributed by atoms with van der Waals surface area (Å²) in [5.41, 5.74) is 3.28. The molecule has 0 saturated heterocycles. The molecule has 0 radical (unpaired) electrons. The van der Waals surface area contributed by atoms with Crippen molar-refractivity contribution >= 4 is 32.4 Å². The maximum Gasteiger partial charge on any atom is 0.217 e. The maximum absolute atomic E-state index is 11.5. The normalized spacial score (nSPS) is 16.1. The van der Waals surface area contributed by atoms with E-state index >= 15 is 0 Å². The molecule has 0 aliphatic heterocycles. The molecule has 2 aromatic rings. The first-order chi connectivity index (χ1) is 13.0. The van der Waals surface area contributed by atoms with Gasteiger partial charge in [0.05, 0.1) is 4.86 Å². The van der Waals surface area contributed by atoms with E-state index in [9.17, 15) is 8.42 Å². The average Bonchev–Trinajstić information content (AvgIpc) is 2.67. The van der Waals surface area contributed by atoms with Gasteiger partial charge in [0.1, 0.15) is 0 Å². The van der Waals surface area contributed by atoms with E-state index < -0.39 is 10.3 Å². The fourth-order valence-corrected chi connectivity index (χ4v) is 3.98. The molecule has 1 aliphatic carbocycles. The highest BCUT2D eigenvalue weighted by Gasteiger charge is 2.15. The fraction of sp³-hybridized carbons (Fsp3) is 0.227. The molecule has 27 heavy (non-hydrogen) atoms. The fourth-order valence-electron chi connectivity index (χ4n) is 3.14. The van der Waals surface area contributed by atoms with Crippen molar-refractivity contribution in [1.29, 1.82) is 0 Å². The van der Waals surface area contributed by atoms with E-state index in [4.69, 9.17) is 11.6 Å². The smallest absolute Gasteiger partial charge is 0.217 e. The Morgan fingerprint density at radius 2 is 1.85 bits per heavy atom. The van der Waals surface area contributed by atoms with Gasteiger partial charge in [0.2, 0.25) is 10.3 Å². The number of rotatable bonds is 6. The van der Waals surface area contributed by atoms with Crippen LogP contribution in [-0.2, 0) is 16.7 Å². The van der Waals surface area contributed by atoms with E-state index in [0.29, 0.717) is 11.4 Å². The number of hydrogen-bond acceptors (Lipinski definition) is 3. The van der Waals surface area contributed by atoms with Gasteiger partial charge in [-0.25, -0.2) is 0 Å². The van der Waals surface area contributed by atoms with Crippen LogP contribution in [0, 0.1) is 5.92 Å². The first-order valence-corrected chi connectivity index (χ1v) is 10.4. The largest absolute Gasteiger partial charge is 0.367 e. The predicted octanol–water partition coefficient (Wildman–Crippen LogP) is 4.57. The molecule has 1 atom stereocenters. The van der Waals surface area contributed by atoms with Crippen LogP contribution in [0.15, 0.2) is 78.4 Å². The first-order valence-electron chi connectivity index (χ1n) is 8.92. The summed E-state index contributed by atoms with van der Waals surface area (Å²) in [5.74, 6) is -0.0799. The molecule has 0 amide bonds. The molecule has 0 spiro atoms. The van der Waals surface area contributed by atoms with Crippen molar-refractivity contribution in [1.82, 2.24) is 0 Å². The Hall–Kier alpha value is -2.30. The summed E-state index contributed by atoms with van der Waals surface area (Å²) < 4.78 is 22.9. The van der Waals surface area contributed by atoms with Gasteiger partial charge in [-0.15, -0.1) is 0 Å². The SMILES string of the molecule is CC1C=CC(CN(CCc2cccc(Cl)c2)c2ccccc2)=CC1=S(=O)=O. The van der Waals surface area contributed by atoms with E-state index in [2.05, 4.69) is 23.1 Å². The summed E-state index contributed by atoms with van der Waals surface area (Å²) in [5, 5.41) is 0.739. The molecule has 5 heteroatoms. The van der Waals surface area contributed by atoms with Crippen LogP contribution >= 0.6 is 11.6 Å². The van der Waals surface area contributed by atoms with Crippen LogP contribution in [0.2, 0.25) is 5.02 Å². The molecule has 0 fully saturated rings. The molecule has 0 aromatic heterocycles. The quantitative estimate of drug-likeness (QED) is 0.667. The third-order valence-corrected chi connectivity index (χ3v) is 5.73. The zero-order valence-corrected chi connectivity index (χ0v) is 16.7. The Labute approximate surface area is 167 Å². The third kappa shape index (κ3) is 5.34. The van der Waals surface area contributed by atoms with Crippen LogP contribution in [0.5, 0.6) is 0 Å². The van der Waals surface area contributed by atoms with Crippen molar-refractivity contribution < 1.29 is 8.42 Å². The van der Waals surface area contributed by atoms with E-state index in [1.54, 1.807) is 6.08 Å². The molecule has 3 nitrogen and oxygen atoms in total. The Bertz CT molecular complexity index is 986. The van der Waals surface area contributed by atoms with Crippen molar-refractivity contribution in [3.63, 3.8) is 0 Å². The highest BCUT2D eigenvalue weighted by atomic mass is 35.5. The molecule has 0 bridgehead atoms. The number of allylic oxidation sites excluding steroid dienone is 2. The molecular weight excluding hydrogens is 378 g/mol. The average molecular weight is 400 g/mol. The van der Waals surface area contributed by atoms with Gasteiger partial charge < -0.3 is 4.90 Å². The first kappa shape index (κ1) is 19.5. The second-order valence-corrected chi connectivity index (χ2v) is 8.02. The predicted molar refractivity (Wildman–Crippen MR) is 114 cm³/mol. The van der Waals surface area contributed by atoms with Crippen LogP contribution in [0.3, 0.4) is 0 Å². The lowest BCUT2D eigenvalue weighted by Crippen LogP contribution is -2.29. The monoisotopic (exact) mass is 399 g/mol. The van der Waals surface area contributed by atoms with Gasteiger partial charge >= 0.3 is 0 Å². The molecular formula is C22H22ClNO2S. The lowest BCUT2D eigenvalue weighted by molar-refractivity contribution is 0.626. The minimum Gasteiger partial charge on any atom is -0.367 e. The Morgan fingerprint density at radius 1 is 1.07 bits per heavy atom. The zero-order valence-electron chi connectivity index (χ0n) is 15.2. The van der Waals surface area contributed by atoms with Crippen molar-refractivity contribution in [3.8, 4) is 0 Å². The van der Waals surface area contributed by atoms with Crippen molar-refractivity contribution in [3.05, 3.63) is 89.0 Å². The number of halogens is 1.